The molecular formula is C30H41N3O6S2. The van der Waals surface area contributed by atoms with E-state index in [1.54, 1.807) is 12.1 Å². The number of aromatic nitrogens is 1. The smallest absolute Gasteiger partial charge is 0.309 e. The Bertz CT molecular complexity index is 1360. The average molecular weight is 604 g/mol. The molecule has 1 aromatic heterocycles. The number of hydrogen-bond donors (Lipinski definition) is 3. The van der Waals surface area contributed by atoms with E-state index in [1.807, 2.05) is 13.8 Å². The molecule has 3 N–H and O–H groups in total. The molecule has 0 fully saturated rings. The van der Waals surface area contributed by atoms with Crippen molar-refractivity contribution >= 4 is 57.1 Å². The number of rotatable bonds is 2. The lowest BCUT2D eigenvalue weighted by atomic mass is 9.98. The first-order valence-corrected chi connectivity index (χ1v) is 15.5. The van der Waals surface area contributed by atoms with Crippen molar-refractivity contribution < 1.29 is 29.3 Å². The zero-order chi connectivity index (χ0) is 29.8. The Morgan fingerprint density at radius 1 is 0.805 bits per heavy atom. The molecule has 2 aromatic rings. The lowest BCUT2D eigenvalue weighted by Gasteiger charge is -2.16. The summed E-state index contributed by atoms with van der Waals surface area (Å²) in [4.78, 5) is 37.8. The summed E-state index contributed by atoms with van der Waals surface area (Å²) >= 11 is 11.1. The molecule has 0 saturated carbocycles. The molecule has 2 atom stereocenters. The summed E-state index contributed by atoms with van der Waals surface area (Å²) < 4.78 is 10.8. The number of benzene rings is 1. The second kappa shape index (κ2) is 16.5. The topological polar surface area (TPSA) is 134 Å². The van der Waals surface area contributed by atoms with E-state index in [-0.39, 0.29) is 48.7 Å². The number of esters is 2. The maximum absolute atomic E-state index is 12.5. The number of H-pyrrole nitrogens is 1. The quantitative estimate of drug-likeness (QED) is 0.302. The third-order valence-electron chi connectivity index (χ3n) is 7.48. The molecule has 1 aliphatic rings. The van der Waals surface area contributed by atoms with Crippen LogP contribution >= 0.6 is 24.4 Å². The van der Waals surface area contributed by atoms with Gasteiger partial charge in [-0.05, 0) is 50.7 Å². The highest BCUT2D eigenvalue weighted by molar-refractivity contribution is 7.80. The monoisotopic (exact) mass is 603 g/mol. The number of nitrogens with one attached hydrogen (secondary N) is 1. The molecule has 3 rings (SSSR count). The zero-order valence-electron chi connectivity index (χ0n) is 23.9. The van der Waals surface area contributed by atoms with Gasteiger partial charge in [-0.1, -0.05) is 64.0 Å². The number of aromatic hydroxyl groups is 2. The SMILES string of the molecule is CCC1CCCCCC(=S)N=c2ccc3c(O)[nH]c(O)c3c2=NC(=S)CCCCCC(CC)C(=O)OCCOC1=O. The molecule has 0 bridgehead atoms. The van der Waals surface area contributed by atoms with Gasteiger partial charge >= 0.3 is 11.9 Å². The normalized spacial score (nSPS) is 21.6. The van der Waals surface area contributed by atoms with E-state index in [0.717, 1.165) is 38.5 Å². The summed E-state index contributed by atoms with van der Waals surface area (Å²) in [6.45, 7) is 4.07. The summed E-state index contributed by atoms with van der Waals surface area (Å²) in [7, 11) is 0. The van der Waals surface area contributed by atoms with Gasteiger partial charge in [-0.2, -0.15) is 0 Å². The van der Waals surface area contributed by atoms with Crippen LogP contribution in [0.1, 0.15) is 90.9 Å². The molecule has 1 aromatic carbocycles. The molecule has 41 heavy (non-hydrogen) atoms. The fourth-order valence-corrected chi connectivity index (χ4v) is 5.50. The Hall–Kier alpha value is -2.92. The molecule has 2 unspecified atom stereocenters. The van der Waals surface area contributed by atoms with Crippen LogP contribution in [0.2, 0.25) is 0 Å². The van der Waals surface area contributed by atoms with E-state index in [1.165, 1.54) is 0 Å². The summed E-state index contributed by atoms with van der Waals surface area (Å²) in [5, 5.41) is 22.3. The number of carbonyl (C=O) groups excluding carboxylic acids is 2. The number of aromatic amines is 1. The largest absolute Gasteiger partial charge is 0.494 e. The molecule has 0 saturated heterocycles. The molecule has 2 heterocycles. The average Bonchev–Trinajstić information content (AvgIpc) is 3.24. The minimum absolute atomic E-state index is 0.0669. The first-order valence-electron chi connectivity index (χ1n) is 14.6. The van der Waals surface area contributed by atoms with Crippen molar-refractivity contribution in [2.24, 2.45) is 21.8 Å². The van der Waals surface area contributed by atoms with Gasteiger partial charge in [0, 0.05) is 18.2 Å². The van der Waals surface area contributed by atoms with Crippen molar-refractivity contribution in [1.29, 1.82) is 0 Å². The third kappa shape index (κ3) is 9.56. The lowest BCUT2D eigenvalue weighted by Crippen LogP contribution is -2.28. The first-order chi connectivity index (χ1) is 19.7. The summed E-state index contributed by atoms with van der Waals surface area (Å²) in [6.07, 6.45) is 8.93. The maximum atomic E-state index is 12.5. The van der Waals surface area contributed by atoms with E-state index in [4.69, 9.17) is 33.9 Å². The fourth-order valence-electron chi connectivity index (χ4n) is 5.02. The first kappa shape index (κ1) is 32.6. The van der Waals surface area contributed by atoms with Crippen molar-refractivity contribution in [2.45, 2.75) is 90.9 Å². The molecule has 224 valence electrons. The number of thiocarbonyl (C=S) groups is 2. The summed E-state index contributed by atoms with van der Waals surface area (Å²) in [5.41, 5.74) is 0. The van der Waals surface area contributed by atoms with E-state index in [0.29, 0.717) is 70.0 Å². The van der Waals surface area contributed by atoms with Crippen molar-refractivity contribution in [1.82, 2.24) is 4.98 Å². The molecule has 0 spiro atoms. The Morgan fingerprint density at radius 2 is 1.34 bits per heavy atom. The predicted octanol–water partition coefficient (Wildman–Crippen LogP) is 5.53. The predicted molar refractivity (Wildman–Crippen MR) is 165 cm³/mol. The lowest BCUT2D eigenvalue weighted by molar-refractivity contribution is -0.157. The molecule has 11 heteroatoms. The van der Waals surface area contributed by atoms with Gasteiger partial charge in [0.2, 0.25) is 5.88 Å². The van der Waals surface area contributed by atoms with Crippen LogP contribution in [0, 0.1) is 11.8 Å². The molecule has 9 nitrogen and oxygen atoms in total. The van der Waals surface area contributed by atoms with Crippen molar-refractivity contribution in [2.75, 3.05) is 13.2 Å². The van der Waals surface area contributed by atoms with E-state index >= 15 is 0 Å². The number of nitrogens with zero attached hydrogens (tertiary/aromatic N) is 2. The van der Waals surface area contributed by atoms with Crippen LogP contribution in [0.3, 0.4) is 0 Å². The van der Waals surface area contributed by atoms with Gasteiger partial charge in [0.25, 0.3) is 0 Å². The number of fused-ring (bicyclic) bond motifs is 3. The van der Waals surface area contributed by atoms with Crippen LogP contribution in [0.15, 0.2) is 22.1 Å². The van der Waals surface area contributed by atoms with E-state index in [2.05, 4.69) is 15.0 Å². The Balaban J connectivity index is 1.83. The number of ether oxygens (including phenoxy) is 2. The second-order valence-corrected chi connectivity index (χ2v) is 11.4. The van der Waals surface area contributed by atoms with Crippen LogP contribution in [0.5, 0.6) is 11.8 Å². The summed E-state index contributed by atoms with van der Waals surface area (Å²) in [6, 6.07) is 3.38. The molecule has 0 amide bonds. The number of cyclic esters (lactones) is 2. The van der Waals surface area contributed by atoms with Gasteiger partial charge in [-0.25, -0.2) is 9.98 Å². The van der Waals surface area contributed by atoms with Crippen LogP contribution < -0.4 is 10.7 Å². The van der Waals surface area contributed by atoms with Crippen LogP contribution in [-0.4, -0.2) is 50.3 Å². The molecular weight excluding hydrogens is 562 g/mol. The Kier molecular flexibility index (Phi) is 13.1. The molecule has 1 aliphatic heterocycles. The van der Waals surface area contributed by atoms with E-state index < -0.39 is 0 Å². The van der Waals surface area contributed by atoms with Crippen LogP contribution in [0.25, 0.3) is 10.8 Å². The highest BCUT2D eigenvalue weighted by Crippen LogP contribution is 2.28. The Labute approximate surface area is 251 Å². The minimum atomic E-state index is -0.257. The standard InChI is InChI=1S/C30H41N3O6S2/c1-3-19-11-7-5-9-13-23(40)31-22-16-15-21-25(28(35)33-27(21)34)26(22)32-24(41)14-10-6-8-12-20(4-2)30(37)39-18-17-38-29(19)36/h15-16,19-20,33-35H,3-14,17-18H2,1-2H3. The van der Waals surface area contributed by atoms with Gasteiger partial charge in [0.15, 0.2) is 5.88 Å². The van der Waals surface area contributed by atoms with Crippen LogP contribution in [0.4, 0.5) is 0 Å². The van der Waals surface area contributed by atoms with Crippen molar-refractivity contribution in [3.05, 3.63) is 22.8 Å². The molecule has 0 radical (unpaired) electrons. The van der Waals surface area contributed by atoms with Gasteiger partial charge in [0.05, 0.1) is 22.6 Å². The van der Waals surface area contributed by atoms with E-state index in [9.17, 15) is 19.8 Å². The van der Waals surface area contributed by atoms with Crippen LogP contribution in [-0.2, 0) is 19.1 Å². The molecule has 0 aliphatic carbocycles. The van der Waals surface area contributed by atoms with Crippen molar-refractivity contribution in [3.63, 3.8) is 0 Å². The summed E-state index contributed by atoms with van der Waals surface area (Å²) in [5.74, 6) is -1.28. The second-order valence-electron chi connectivity index (χ2n) is 10.4. The van der Waals surface area contributed by atoms with Gasteiger partial charge < -0.3 is 19.7 Å². The van der Waals surface area contributed by atoms with Gasteiger partial charge in [-0.3, -0.25) is 14.6 Å². The number of carbonyl (C=O) groups is 2. The maximum Gasteiger partial charge on any atom is 0.309 e. The minimum Gasteiger partial charge on any atom is -0.494 e. The third-order valence-corrected chi connectivity index (χ3v) is 8.07. The highest BCUT2D eigenvalue weighted by atomic mass is 32.1. The fraction of sp³-hybridized carbons (Fsp3) is 0.600. The van der Waals surface area contributed by atoms with Gasteiger partial charge in [-0.15, -0.1) is 0 Å². The Morgan fingerprint density at radius 3 is 1.88 bits per heavy atom. The van der Waals surface area contributed by atoms with Gasteiger partial charge in [0.1, 0.15) is 28.5 Å². The highest BCUT2D eigenvalue weighted by Gasteiger charge is 2.20. The van der Waals surface area contributed by atoms with Crippen molar-refractivity contribution in [3.8, 4) is 11.8 Å². The zero-order valence-corrected chi connectivity index (χ0v) is 25.6. The number of hydrogen-bond acceptors (Lipinski definition) is 8.